The zero-order valence-corrected chi connectivity index (χ0v) is 26.5. The molecule has 0 N–H and O–H groups in total. The summed E-state index contributed by atoms with van der Waals surface area (Å²) in [5.74, 6) is 0.831. The minimum Gasteiger partial charge on any atom is -0.497 e. The van der Waals surface area contributed by atoms with Gasteiger partial charge < -0.3 is 19.3 Å². The Morgan fingerprint density at radius 3 is 2.48 bits per heavy atom. The molecule has 12 heteroatoms. The average molecular weight is 620 g/mol. The number of amides is 1. The molecule has 0 spiro atoms. The normalized spacial score (nSPS) is 16.8. The van der Waals surface area contributed by atoms with Gasteiger partial charge in [-0.15, -0.1) is 0 Å². The number of carbonyl (C=O) groups is 1. The average Bonchev–Trinajstić information content (AvgIpc) is 3.34. The minimum absolute atomic E-state index is 0.0493. The number of hydrogen-bond donors (Lipinski definition) is 0. The smallest absolute Gasteiger partial charge is 0.271 e. The van der Waals surface area contributed by atoms with Crippen LogP contribution in [0.5, 0.6) is 11.5 Å². The number of nitro benzene ring substituents is 1. The highest BCUT2D eigenvalue weighted by atomic mass is 32.1. The van der Waals surface area contributed by atoms with Gasteiger partial charge in [0.05, 0.1) is 34.9 Å². The molecule has 3 aromatic rings. The summed E-state index contributed by atoms with van der Waals surface area (Å²) >= 11 is 1.19. The molecule has 2 aliphatic rings. The van der Waals surface area contributed by atoms with Crippen LogP contribution in [-0.4, -0.2) is 60.7 Å². The van der Waals surface area contributed by atoms with E-state index in [1.807, 2.05) is 13.8 Å². The second-order valence-corrected chi connectivity index (χ2v) is 11.7. The molecule has 1 saturated heterocycles. The molecule has 232 valence electrons. The van der Waals surface area contributed by atoms with Crippen LogP contribution in [0.1, 0.15) is 57.2 Å². The van der Waals surface area contributed by atoms with Crippen LogP contribution in [0.3, 0.4) is 0 Å². The lowest BCUT2D eigenvalue weighted by Gasteiger charge is -2.30. The molecule has 5 rings (SSSR count). The van der Waals surface area contributed by atoms with Crippen molar-refractivity contribution in [2.75, 3.05) is 45.3 Å². The van der Waals surface area contributed by atoms with E-state index < -0.39 is 11.0 Å². The monoisotopic (exact) mass is 619 g/mol. The van der Waals surface area contributed by atoms with Crippen LogP contribution >= 0.6 is 11.3 Å². The molecule has 2 aromatic carbocycles. The van der Waals surface area contributed by atoms with Crippen molar-refractivity contribution in [2.45, 2.75) is 46.1 Å². The molecule has 0 unspecified atom stereocenters. The van der Waals surface area contributed by atoms with Gasteiger partial charge in [-0.05, 0) is 70.4 Å². The van der Waals surface area contributed by atoms with E-state index in [4.69, 9.17) is 14.5 Å². The van der Waals surface area contributed by atoms with E-state index in [1.165, 1.54) is 28.0 Å². The number of nitrogens with zero attached hydrogens (tertiary/aromatic N) is 5. The van der Waals surface area contributed by atoms with Crippen molar-refractivity contribution in [1.29, 1.82) is 0 Å². The van der Waals surface area contributed by atoms with Gasteiger partial charge in [0.15, 0.2) is 4.80 Å². The standard InChI is InChI=1S/C32H37N5O6S/c1-6-34(7-2)31(39)28-20(3)33-32-36(29(28)24-19-23(42-4)12-14-26(24)43-5)30(38)27(44-32)18-21-17-22(37(40)41)11-13-25(21)35-15-9-8-10-16-35/h11-14,17-19,29H,6-10,15-16H2,1-5H3/b27-18-/t29-/m0/s1. The summed E-state index contributed by atoms with van der Waals surface area (Å²) in [4.78, 5) is 48.7. The molecule has 1 aromatic heterocycles. The van der Waals surface area contributed by atoms with Gasteiger partial charge in [-0.25, -0.2) is 4.99 Å². The second-order valence-electron chi connectivity index (χ2n) is 10.7. The number of hydrogen-bond acceptors (Lipinski definition) is 9. The summed E-state index contributed by atoms with van der Waals surface area (Å²) < 4.78 is 13.1. The highest BCUT2D eigenvalue weighted by molar-refractivity contribution is 7.07. The third kappa shape index (κ3) is 5.73. The molecule has 11 nitrogen and oxygen atoms in total. The van der Waals surface area contributed by atoms with Crippen LogP contribution in [0.25, 0.3) is 6.08 Å². The number of nitro groups is 1. The molecular formula is C32H37N5O6S. The quantitative estimate of drug-likeness (QED) is 0.262. The van der Waals surface area contributed by atoms with Crippen molar-refractivity contribution in [1.82, 2.24) is 9.47 Å². The first kappa shape index (κ1) is 31.0. The zero-order valence-electron chi connectivity index (χ0n) is 25.7. The van der Waals surface area contributed by atoms with Gasteiger partial charge in [0.1, 0.15) is 17.5 Å². The van der Waals surface area contributed by atoms with Crippen molar-refractivity contribution >= 4 is 34.7 Å². The molecule has 0 radical (unpaired) electrons. The summed E-state index contributed by atoms with van der Waals surface area (Å²) in [5.41, 5.74) is 2.52. The van der Waals surface area contributed by atoms with Gasteiger partial charge >= 0.3 is 0 Å². The lowest BCUT2D eigenvalue weighted by atomic mass is 9.93. The Hall–Kier alpha value is -4.45. The number of ether oxygens (including phenoxy) is 2. The molecule has 1 fully saturated rings. The second kappa shape index (κ2) is 13.0. The Morgan fingerprint density at radius 2 is 1.84 bits per heavy atom. The van der Waals surface area contributed by atoms with Crippen molar-refractivity contribution in [3.8, 4) is 11.5 Å². The topological polar surface area (TPSA) is 120 Å². The van der Waals surface area contributed by atoms with E-state index in [1.54, 1.807) is 56.4 Å². The van der Waals surface area contributed by atoms with Crippen molar-refractivity contribution in [2.24, 2.45) is 4.99 Å². The summed E-state index contributed by atoms with van der Waals surface area (Å²) in [7, 11) is 3.10. The fourth-order valence-corrected chi connectivity index (χ4v) is 7.00. The van der Waals surface area contributed by atoms with Crippen LogP contribution in [0.2, 0.25) is 0 Å². The van der Waals surface area contributed by atoms with E-state index >= 15 is 0 Å². The molecule has 1 atom stereocenters. The van der Waals surface area contributed by atoms with Crippen molar-refractivity contribution in [3.05, 3.63) is 88.6 Å². The van der Waals surface area contributed by atoms with Gasteiger partial charge in [0, 0.05) is 55.1 Å². The first-order chi connectivity index (χ1) is 21.2. The third-order valence-corrected chi connectivity index (χ3v) is 9.22. The Balaban J connectivity index is 1.77. The van der Waals surface area contributed by atoms with E-state index in [0.717, 1.165) is 38.0 Å². The fraction of sp³-hybridized carbons (Fsp3) is 0.406. The number of benzene rings is 2. The fourth-order valence-electron chi connectivity index (χ4n) is 5.96. The Kier molecular flexibility index (Phi) is 9.19. The minimum atomic E-state index is -0.835. The number of fused-ring (bicyclic) bond motifs is 1. The summed E-state index contributed by atoms with van der Waals surface area (Å²) in [6.07, 6.45) is 4.91. The van der Waals surface area contributed by atoms with E-state index in [2.05, 4.69) is 4.90 Å². The van der Waals surface area contributed by atoms with Crippen LogP contribution in [0, 0.1) is 10.1 Å². The predicted octanol–water partition coefficient (Wildman–Crippen LogP) is 4.02. The summed E-state index contributed by atoms with van der Waals surface area (Å²) in [6, 6.07) is 9.26. The number of rotatable bonds is 9. The maximum Gasteiger partial charge on any atom is 0.271 e. The SMILES string of the molecule is CCN(CC)C(=O)C1=C(C)N=c2s/c(=C\c3cc([N+](=O)[O-])ccc3N3CCCCC3)c(=O)n2[C@H]1c1cc(OC)ccc1OC. The van der Waals surface area contributed by atoms with Gasteiger partial charge in [-0.1, -0.05) is 11.3 Å². The molecule has 0 bridgehead atoms. The first-order valence-corrected chi connectivity index (χ1v) is 15.6. The van der Waals surface area contributed by atoms with Gasteiger partial charge in [-0.2, -0.15) is 0 Å². The highest BCUT2D eigenvalue weighted by Gasteiger charge is 2.36. The maximum absolute atomic E-state index is 14.4. The Morgan fingerprint density at radius 1 is 1.11 bits per heavy atom. The molecular weight excluding hydrogens is 582 g/mol. The first-order valence-electron chi connectivity index (χ1n) is 14.8. The largest absolute Gasteiger partial charge is 0.497 e. The molecule has 2 aliphatic heterocycles. The molecule has 0 saturated carbocycles. The number of likely N-dealkylation sites (N-methyl/N-ethyl adjacent to an activating group) is 1. The van der Waals surface area contributed by atoms with Crippen LogP contribution in [0.15, 0.2) is 57.5 Å². The number of methoxy groups -OCH3 is 2. The maximum atomic E-state index is 14.4. The number of non-ortho nitro benzene ring substituents is 1. The zero-order chi connectivity index (χ0) is 31.5. The Labute approximate surface area is 259 Å². The molecule has 3 heterocycles. The van der Waals surface area contributed by atoms with Gasteiger partial charge in [0.2, 0.25) is 0 Å². The molecule has 0 aliphatic carbocycles. The van der Waals surface area contributed by atoms with Crippen LogP contribution in [0.4, 0.5) is 11.4 Å². The number of piperidine rings is 1. The van der Waals surface area contributed by atoms with Crippen molar-refractivity contribution in [3.63, 3.8) is 0 Å². The number of anilines is 1. The van der Waals surface area contributed by atoms with Crippen LogP contribution < -0.4 is 29.3 Å². The highest BCUT2D eigenvalue weighted by Crippen LogP contribution is 2.38. The number of carbonyl (C=O) groups excluding carboxylic acids is 1. The van der Waals surface area contributed by atoms with Crippen LogP contribution in [-0.2, 0) is 4.79 Å². The summed E-state index contributed by atoms with van der Waals surface area (Å²) in [6.45, 7) is 8.26. The predicted molar refractivity (Wildman–Crippen MR) is 170 cm³/mol. The molecule has 1 amide bonds. The third-order valence-electron chi connectivity index (χ3n) is 8.24. The van der Waals surface area contributed by atoms with E-state index in [0.29, 0.717) is 56.3 Å². The van der Waals surface area contributed by atoms with Gasteiger partial charge in [-0.3, -0.25) is 24.3 Å². The van der Waals surface area contributed by atoms with E-state index in [-0.39, 0.29) is 17.2 Å². The number of allylic oxidation sites excluding steroid dienone is 1. The number of aromatic nitrogens is 1. The van der Waals surface area contributed by atoms with E-state index in [9.17, 15) is 19.7 Å². The summed E-state index contributed by atoms with van der Waals surface area (Å²) in [5, 5.41) is 11.7. The lowest BCUT2D eigenvalue weighted by molar-refractivity contribution is -0.384. The number of thiazole rings is 1. The van der Waals surface area contributed by atoms with Crippen molar-refractivity contribution < 1.29 is 19.2 Å². The van der Waals surface area contributed by atoms with Gasteiger partial charge in [0.25, 0.3) is 17.2 Å². The lowest BCUT2D eigenvalue weighted by Crippen LogP contribution is -2.43. The molecule has 44 heavy (non-hydrogen) atoms. The Bertz CT molecular complexity index is 1800.